The summed E-state index contributed by atoms with van der Waals surface area (Å²) in [7, 11) is -8.79. The molecule has 0 aliphatic rings. The van der Waals surface area contributed by atoms with Crippen molar-refractivity contribution in [2.24, 2.45) is 0 Å². The maximum atomic E-state index is 5.59. The van der Waals surface area contributed by atoms with Gasteiger partial charge in [-0.2, -0.15) is 0 Å². The average molecular weight is 943 g/mol. The molecule has 3 aromatic rings. The molecule has 10 heteroatoms. The fourth-order valence-electron chi connectivity index (χ4n) is 7.84. The molecular weight excluding hydrogens is 879 g/mol. The van der Waals surface area contributed by atoms with Crippen LogP contribution in [0, 0.1) is 72.7 Å². The summed E-state index contributed by atoms with van der Waals surface area (Å²) < 4.78 is 4.82. The summed E-state index contributed by atoms with van der Waals surface area (Å²) in [6.45, 7) is 41.5. The molecule has 0 unspecified atom stereocenters. The van der Waals surface area contributed by atoms with Crippen molar-refractivity contribution < 1.29 is 31.1 Å². The number of rotatable bonds is 11. The van der Waals surface area contributed by atoms with Crippen LogP contribution in [0.4, 0.5) is 17.1 Å². The van der Waals surface area contributed by atoms with Crippen LogP contribution in [0.2, 0.25) is 83.4 Å². The van der Waals surface area contributed by atoms with E-state index in [0.29, 0.717) is 4.79 Å². The molecule has 0 N–H and O–H groups in total. The number of hydrogen-bond acceptors (Lipinski definition) is 0. The zero-order valence-electron chi connectivity index (χ0n) is 33.1. The monoisotopic (exact) mass is 942 g/mol. The first-order valence-electron chi connectivity index (χ1n) is 16.9. The molecule has 0 fully saturated rings. The Morgan fingerprint density at radius 3 is 0.702 bits per heavy atom. The zero-order chi connectivity index (χ0) is 35.5. The molecule has 0 amide bonds. The van der Waals surface area contributed by atoms with E-state index in [1.807, 2.05) is 0 Å². The average Bonchev–Trinajstić information content (AvgIpc) is 2.72. The van der Waals surface area contributed by atoms with E-state index in [2.05, 4.69) is 175 Å². The second kappa shape index (κ2) is 16.9. The first-order valence-corrected chi connectivity index (χ1v) is 32.8. The second-order valence-electron chi connectivity index (χ2n) is 17.2. The van der Waals surface area contributed by atoms with Crippen LogP contribution in [-0.2, 0) is 0 Å². The Bertz CT molecular complexity index is 1250. The van der Waals surface area contributed by atoms with Crippen molar-refractivity contribution in [3.05, 3.63) is 108 Å². The van der Waals surface area contributed by atoms with Crippen LogP contribution < -0.4 is 0 Å². The molecule has 0 aliphatic heterocycles. The summed E-state index contributed by atoms with van der Waals surface area (Å²) in [5, 5.41) is 0. The third-order valence-electron chi connectivity index (χ3n) is 7.66. The van der Waals surface area contributed by atoms with Crippen LogP contribution in [0.25, 0.3) is 19.6 Å². The van der Waals surface area contributed by atoms with Gasteiger partial charge in [-0.25, -0.2) is 0 Å². The molecule has 4 nitrogen and oxygen atoms in total. The Morgan fingerprint density at radius 2 is 0.553 bits per heavy atom. The summed E-state index contributed by atoms with van der Waals surface area (Å²) in [5.74, 6) is 0. The van der Waals surface area contributed by atoms with E-state index in [4.69, 9.17) is 19.6 Å². The Kier molecular flexibility index (Phi) is 15.9. The van der Waals surface area contributed by atoms with E-state index < -0.39 is 41.2 Å². The molecule has 3 aromatic carbocycles. The molecule has 0 saturated heterocycles. The fourth-order valence-corrected chi connectivity index (χ4v) is 40.6. The van der Waals surface area contributed by atoms with Crippen molar-refractivity contribution in [3.8, 4) is 0 Å². The minimum absolute atomic E-state index is 0. The first kappa shape index (κ1) is 44.2. The van der Waals surface area contributed by atoms with Crippen LogP contribution in [0.15, 0.2) is 54.6 Å². The summed E-state index contributed by atoms with van der Waals surface area (Å²) in [6.07, 6.45) is 0. The minimum Gasteiger partial charge on any atom is -0.687 e. The van der Waals surface area contributed by atoms with Gasteiger partial charge in [0.2, 0.25) is 0 Å². The van der Waals surface area contributed by atoms with Crippen molar-refractivity contribution in [1.82, 2.24) is 0 Å². The van der Waals surface area contributed by atoms with Gasteiger partial charge in [0, 0.05) is 0 Å². The summed E-state index contributed by atoms with van der Waals surface area (Å²) >= 11 is 0. The third kappa shape index (κ3) is 15.3. The predicted molar refractivity (Wildman–Crippen MR) is 223 cm³/mol. The van der Waals surface area contributed by atoms with E-state index in [1.165, 1.54) is 33.4 Å². The van der Waals surface area contributed by atoms with Crippen LogP contribution in [0.5, 0.6) is 0 Å². The summed E-state index contributed by atoms with van der Waals surface area (Å²) in [5.41, 5.74) is 11.0. The predicted octanol–water partition coefficient (Wildman–Crippen LogP) is 14.0. The zero-order valence-corrected chi connectivity index (χ0v) is 42.2. The Hall–Kier alpha value is -0.844. The molecule has 0 spiro atoms. The molecule has 0 heterocycles. The van der Waals surface area contributed by atoms with Gasteiger partial charge < -0.3 is 19.6 Å². The normalized spacial score (nSPS) is 12.6. The van der Waals surface area contributed by atoms with Gasteiger partial charge in [-0.15, -0.1) is 17.1 Å². The van der Waals surface area contributed by atoms with Gasteiger partial charge in [-0.05, 0) is 41.5 Å². The molecule has 47 heavy (non-hydrogen) atoms. The molecule has 0 aliphatic carbocycles. The van der Waals surface area contributed by atoms with Gasteiger partial charge in [-0.3, -0.25) is 0 Å². The van der Waals surface area contributed by atoms with Crippen LogP contribution in [0.3, 0.4) is 0 Å². The Morgan fingerprint density at radius 1 is 0.362 bits per heavy atom. The second-order valence-corrected chi connectivity index (χ2v) is 40.9. The van der Waals surface area contributed by atoms with Crippen molar-refractivity contribution >= 4 is 58.2 Å². The number of aryl methyl sites for hydroxylation is 6. The summed E-state index contributed by atoms with van der Waals surface area (Å²) in [4.78, 5) is 17.2. The topological polar surface area (TPSA) is 56.4 Å². The van der Waals surface area contributed by atoms with Gasteiger partial charge in [-0.1, -0.05) is 213 Å². The smallest absolute Gasteiger partial charge is 0.687 e. The van der Waals surface area contributed by atoms with E-state index in [1.54, 1.807) is 0 Å². The summed E-state index contributed by atoms with van der Waals surface area (Å²) in [6, 6.07) is 20.1. The van der Waals surface area contributed by atoms with Gasteiger partial charge in [0.05, 0.1) is 0 Å². The molecule has 0 aromatic heterocycles. The van der Waals surface area contributed by atoms with Crippen molar-refractivity contribution in [2.75, 3.05) is 0 Å². The molecular formula is C37H64N4Si5U. The number of nitrogens with zero attached hydrogens (tertiary/aromatic N) is 4. The van der Waals surface area contributed by atoms with Crippen LogP contribution in [0.1, 0.15) is 33.4 Å². The van der Waals surface area contributed by atoms with Crippen LogP contribution >= 0.6 is 0 Å². The molecule has 256 valence electrons. The van der Waals surface area contributed by atoms with Gasteiger partial charge in [0.15, 0.2) is 0 Å². The van der Waals surface area contributed by atoms with Crippen molar-refractivity contribution in [2.45, 2.75) is 125 Å². The largest absolute Gasteiger partial charge is 4.00 e. The van der Waals surface area contributed by atoms with Crippen molar-refractivity contribution in [1.29, 1.82) is 0 Å². The molecule has 0 radical (unpaired) electrons. The molecule has 3 rings (SSSR count). The van der Waals surface area contributed by atoms with E-state index in [0.717, 1.165) is 17.1 Å². The standard InChI is InChI=1S/C31H46N3Si3.C6H18NSi2.U/c1-22-13-23(2)17-28(16-22)32-35(7,8)31(36(9,10)33-29-18-24(3)14-25(4)19-29)37(11,12)34-30-20-26(5)15-27(6)21-30;1-8(2,3)7-9(4,5)6;/h13-21,31H,1-12H3;1-6H3;/q-3;-1;+4. The van der Waals surface area contributed by atoms with E-state index in [-0.39, 0.29) is 31.1 Å². The van der Waals surface area contributed by atoms with Gasteiger partial charge in [0.25, 0.3) is 0 Å². The Balaban J connectivity index is 0.000000966. The third-order valence-corrected chi connectivity index (χ3v) is 32.5. The van der Waals surface area contributed by atoms with Crippen molar-refractivity contribution in [3.63, 3.8) is 0 Å². The van der Waals surface area contributed by atoms with E-state index >= 15 is 0 Å². The number of hydrogen-bond donors (Lipinski definition) is 0. The fraction of sp³-hybridized carbons (Fsp3) is 0.514. The van der Waals surface area contributed by atoms with Crippen LogP contribution in [-0.4, -0.2) is 41.2 Å². The van der Waals surface area contributed by atoms with Gasteiger partial charge >= 0.3 is 31.1 Å². The molecule has 0 atom stereocenters. The molecule has 0 saturated carbocycles. The maximum Gasteiger partial charge on any atom is 4.00 e. The van der Waals surface area contributed by atoms with Gasteiger partial charge in [0.1, 0.15) is 0 Å². The quantitative estimate of drug-likeness (QED) is 0.172. The van der Waals surface area contributed by atoms with E-state index in [9.17, 15) is 0 Å². The minimum atomic E-state index is -2.19. The first-order chi connectivity index (χ1) is 20.7. The SMILES string of the molecule is C[Si](C)(C)[N-][Si](C)(C)C.Cc1cc(C)cc([N-][Si](C)(C)C([Si](C)(C)[N-]c2cc(C)cc(C)c2)[Si](C)(C)[N-]c2cc(C)cc(C)c2)c1.[U+4]. The maximum absolute atomic E-state index is 5.59. The molecule has 0 bridgehead atoms. The number of benzene rings is 3. The Labute approximate surface area is 319 Å².